The molecule has 0 aliphatic carbocycles. The predicted octanol–water partition coefficient (Wildman–Crippen LogP) is 6.73. The lowest BCUT2D eigenvalue weighted by Gasteiger charge is -2.30. The van der Waals surface area contributed by atoms with E-state index in [-0.39, 0.29) is 41.6 Å². The molecule has 1 saturated heterocycles. The van der Waals surface area contributed by atoms with Gasteiger partial charge in [-0.25, -0.2) is 28.6 Å². The summed E-state index contributed by atoms with van der Waals surface area (Å²) in [5.74, 6) is -0.371. The highest BCUT2D eigenvalue weighted by atomic mass is 32.2. The molecule has 1 aliphatic heterocycles. The summed E-state index contributed by atoms with van der Waals surface area (Å²) in [7, 11) is -16.4. The largest absolute Gasteiger partial charge is 0.481 e. The number of anilines is 1. The van der Waals surface area contributed by atoms with Gasteiger partial charge in [0, 0.05) is 37.1 Å². The summed E-state index contributed by atoms with van der Waals surface area (Å²) in [6.07, 6.45) is 16.7. The van der Waals surface area contributed by atoms with E-state index in [2.05, 4.69) is 48.3 Å². The molecular weight excluding hydrogens is 1020 g/mol. The molecule has 0 saturated carbocycles. The number of phosphoric acid groups is 3. The Morgan fingerprint density at radius 1 is 0.833 bits per heavy atom. The van der Waals surface area contributed by atoms with Crippen LogP contribution in [0.1, 0.15) is 162 Å². The van der Waals surface area contributed by atoms with Crippen molar-refractivity contribution in [2.45, 2.75) is 187 Å². The summed E-state index contributed by atoms with van der Waals surface area (Å²) in [6, 6.07) is 0. The number of thioether (sulfide) groups is 1. The summed E-state index contributed by atoms with van der Waals surface area (Å²) < 4.78 is 62.5. The van der Waals surface area contributed by atoms with Crippen molar-refractivity contribution in [3.8, 4) is 0 Å². The third-order valence-electron chi connectivity index (χ3n) is 12.1. The van der Waals surface area contributed by atoms with Gasteiger partial charge >= 0.3 is 23.5 Å². The van der Waals surface area contributed by atoms with E-state index < -0.39 is 84.6 Å². The zero-order chi connectivity index (χ0) is 53.4. The topological polar surface area (TPSA) is 364 Å². The van der Waals surface area contributed by atoms with Gasteiger partial charge in [0.25, 0.3) is 0 Å². The molecule has 72 heavy (non-hydrogen) atoms. The SMILES string of the molecule is CCCCCCCCCCCCCCCCC(C)CCCCC(=O)SCCNC(=O)CCNC(=O)C(O)C(C)(C)COP(=O)(O)OP(=O)(O)OCC1OC(n2cnc3c(N)ncnc32)C(O)C1OP(=O)(O)O. The van der Waals surface area contributed by atoms with Gasteiger partial charge in [-0.1, -0.05) is 149 Å². The van der Waals surface area contributed by atoms with Crippen LogP contribution in [0.2, 0.25) is 0 Å². The van der Waals surface area contributed by atoms with Gasteiger partial charge in [0.05, 0.1) is 19.5 Å². The number of hydrogen-bond acceptors (Lipinski definition) is 18. The number of carbonyl (C=O) groups is 3. The number of phosphoric ester groups is 3. The van der Waals surface area contributed by atoms with Gasteiger partial charge in [-0.15, -0.1) is 0 Å². The molecule has 10 N–H and O–H groups in total. The first kappa shape index (κ1) is 63.8. The van der Waals surface area contributed by atoms with Crippen molar-refractivity contribution in [3.05, 3.63) is 12.7 Å². The number of nitrogens with two attached hydrogens (primary N) is 1. The van der Waals surface area contributed by atoms with E-state index in [1.165, 1.54) is 110 Å². The van der Waals surface area contributed by atoms with Crippen molar-refractivity contribution in [2.24, 2.45) is 11.3 Å². The first-order chi connectivity index (χ1) is 33.9. The molecule has 24 nitrogen and oxygen atoms in total. The van der Waals surface area contributed by atoms with Crippen LogP contribution >= 0.6 is 35.2 Å². The molecule has 0 radical (unpaired) electrons. The van der Waals surface area contributed by atoms with Crippen molar-refractivity contribution >= 4 is 69.1 Å². The molecule has 3 rings (SSSR count). The van der Waals surface area contributed by atoms with Crippen molar-refractivity contribution in [1.29, 1.82) is 0 Å². The monoisotopic (exact) mass is 1100 g/mol. The number of amides is 2. The number of rotatable bonds is 39. The normalized spacial score (nSPS) is 20.0. The Balaban J connectivity index is 1.26. The first-order valence-electron chi connectivity index (χ1n) is 25.0. The zero-order valence-corrected chi connectivity index (χ0v) is 45.6. The summed E-state index contributed by atoms with van der Waals surface area (Å²) in [4.78, 5) is 88.7. The Hall–Kier alpha value is -2.44. The molecule has 0 spiro atoms. The minimum Gasteiger partial charge on any atom is -0.386 e. The lowest BCUT2D eigenvalue weighted by Crippen LogP contribution is -2.46. The smallest absolute Gasteiger partial charge is 0.386 e. The van der Waals surface area contributed by atoms with Crippen molar-refractivity contribution in [1.82, 2.24) is 30.2 Å². The highest BCUT2D eigenvalue weighted by molar-refractivity contribution is 8.13. The van der Waals surface area contributed by atoms with E-state index in [9.17, 15) is 57.9 Å². The van der Waals surface area contributed by atoms with Crippen LogP contribution in [-0.2, 0) is 50.7 Å². The third kappa shape index (κ3) is 24.5. The Morgan fingerprint density at radius 3 is 2.03 bits per heavy atom. The summed E-state index contributed by atoms with van der Waals surface area (Å²) in [5.41, 5.74) is 4.30. The van der Waals surface area contributed by atoms with E-state index in [0.29, 0.717) is 18.1 Å². The van der Waals surface area contributed by atoms with E-state index in [4.69, 9.17) is 19.5 Å². The van der Waals surface area contributed by atoms with Crippen LogP contribution in [0.15, 0.2) is 12.7 Å². The third-order valence-corrected chi connectivity index (χ3v) is 16.2. The van der Waals surface area contributed by atoms with Gasteiger partial charge < -0.3 is 50.9 Å². The number of aromatic nitrogens is 4. The second-order valence-corrected chi connectivity index (χ2v) is 24.4. The Morgan fingerprint density at radius 2 is 1.42 bits per heavy atom. The molecule has 3 heterocycles. The number of fused-ring (bicyclic) bond motifs is 1. The van der Waals surface area contributed by atoms with E-state index in [1.807, 2.05) is 0 Å². The molecule has 8 unspecified atom stereocenters. The first-order valence-corrected chi connectivity index (χ1v) is 30.5. The average Bonchev–Trinajstić information content (AvgIpc) is 3.87. The van der Waals surface area contributed by atoms with Crippen LogP contribution in [0.3, 0.4) is 0 Å². The van der Waals surface area contributed by atoms with Crippen LogP contribution in [0.25, 0.3) is 11.2 Å². The fourth-order valence-corrected chi connectivity index (χ4v) is 11.5. The van der Waals surface area contributed by atoms with Crippen LogP contribution in [0.5, 0.6) is 0 Å². The van der Waals surface area contributed by atoms with E-state index in [1.54, 1.807) is 0 Å². The number of unbranched alkanes of at least 4 members (excludes halogenated alkanes) is 14. The molecular formula is C44H80N7O17P3S. The lowest BCUT2D eigenvalue weighted by molar-refractivity contribution is -0.137. The Labute approximate surface area is 426 Å². The number of carbonyl (C=O) groups excluding carboxylic acids is 3. The second-order valence-electron chi connectivity index (χ2n) is 19.0. The number of nitrogens with one attached hydrogen (secondary N) is 2. The highest BCUT2D eigenvalue weighted by Gasteiger charge is 2.50. The summed E-state index contributed by atoms with van der Waals surface area (Å²) in [6.45, 7) is 5.13. The van der Waals surface area contributed by atoms with E-state index in [0.717, 1.165) is 48.2 Å². The van der Waals surface area contributed by atoms with Crippen LogP contribution in [0.4, 0.5) is 5.82 Å². The summed E-state index contributed by atoms with van der Waals surface area (Å²) in [5, 5.41) is 26.7. The maximum Gasteiger partial charge on any atom is 0.481 e. The van der Waals surface area contributed by atoms with Gasteiger partial charge in [-0.2, -0.15) is 4.31 Å². The van der Waals surface area contributed by atoms with Crippen LogP contribution in [0, 0.1) is 11.3 Å². The van der Waals surface area contributed by atoms with Gasteiger partial charge in [0.15, 0.2) is 22.8 Å². The molecule has 2 aromatic rings. The fourth-order valence-electron chi connectivity index (χ4n) is 7.96. The average molecular weight is 1100 g/mol. The minimum atomic E-state index is -5.58. The maximum absolute atomic E-state index is 12.8. The van der Waals surface area contributed by atoms with Crippen molar-refractivity contribution < 1.29 is 80.5 Å². The number of nitrogen functional groups attached to an aromatic ring is 1. The molecule has 0 aromatic carbocycles. The predicted molar refractivity (Wildman–Crippen MR) is 270 cm³/mol. The van der Waals surface area contributed by atoms with Crippen LogP contribution in [-0.4, -0.2) is 123 Å². The fraction of sp³-hybridized carbons (Fsp3) is 0.818. The molecule has 1 fully saturated rings. The maximum atomic E-state index is 12.8. The molecule has 2 aromatic heterocycles. The number of ether oxygens (including phenoxy) is 1. The van der Waals surface area contributed by atoms with E-state index >= 15 is 0 Å². The number of aliphatic hydroxyl groups excluding tert-OH is 2. The summed E-state index contributed by atoms with van der Waals surface area (Å²) >= 11 is 1.16. The van der Waals surface area contributed by atoms with Gasteiger partial charge in [0.2, 0.25) is 11.8 Å². The van der Waals surface area contributed by atoms with Crippen LogP contribution < -0.4 is 16.4 Å². The standard InChI is InChI=1S/C44H80N7O17P3S/c1-5-6-7-8-9-10-11-12-13-14-15-16-17-18-21-32(2)22-19-20-23-35(53)72-27-26-46-34(52)24-25-47-42(56)39(55)44(3,4)29-65-71(62,63)68-70(60,61)64-28-33-38(67-69(57,58)59)37(54)43(66-33)51-31-50-36-40(45)48-30-49-41(36)51/h30-33,37-39,43,54-55H,5-29H2,1-4H3,(H,46,52)(H,47,56)(H,60,61)(H,62,63)(H2,45,48,49)(H2,57,58,59). The quantitative estimate of drug-likeness (QED) is 0.0247. The number of hydrogen-bond donors (Lipinski definition) is 9. The minimum absolute atomic E-state index is 0.0342. The van der Waals surface area contributed by atoms with Gasteiger partial charge in [0.1, 0.15) is 36.3 Å². The number of nitrogens with zero attached hydrogens (tertiary/aromatic N) is 4. The molecule has 8 atom stereocenters. The lowest BCUT2D eigenvalue weighted by atomic mass is 9.87. The van der Waals surface area contributed by atoms with Crippen molar-refractivity contribution in [3.63, 3.8) is 0 Å². The Bertz CT molecular complexity index is 2100. The van der Waals surface area contributed by atoms with Gasteiger partial charge in [-0.05, 0) is 12.3 Å². The van der Waals surface area contributed by atoms with Crippen molar-refractivity contribution in [2.75, 3.05) is 37.8 Å². The number of aliphatic hydroxyl groups is 2. The molecule has 2 amide bonds. The molecule has 1 aliphatic rings. The molecule has 0 bridgehead atoms. The molecule has 28 heteroatoms. The zero-order valence-electron chi connectivity index (χ0n) is 42.1. The van der Waals surface area contributed by atoms with Gasteiger partial charge in [-0.3, -0.25) is 32.5 Å². The molecule has 414 valence electrons. The number of imidazole rings is 1. The Kier molecular flexibility index (Phi) is 28.6. The highest BCUT2D eigenvalue weighted by Crippen LogP contribution is 2.61. The second kappa shape index (κ2) is 32.2.